The lowest BCUT2D eigenvalue weighted by molar-refractivity contribution is 0.0173. The van der Waals surface area contributed by atoms with Crippen LogP contribution in [0.3, 0.4) is 0 Å². The fraction of sp³-hybridized carbons (Fsp3) is 1.00. The van der Waals surface area contributed by atoms with Gasteiger partial charge in [-0.05, 0) is 40.5 Å². The van der Waals surface area contributed by atoms with Crippen molar-refractivity contribution >= 4 is 0 Å². The van der Waals surface area contributed by atoms with E-state index in [0.29, 0.717) is 17.1 Å². The van der Waals surface area contributed by atoms with E-state index in [1.807, 2.05) is 0 Å². The Morgan fingerprint density at radius 2 is 1.80 bits per heavy atom. The van der Waals surface area contributed by atoms with Crippen molar-refractivity contribution in [3.63, 3.8) is 0 Å². The van der Waals surface area contributed by atoms with Crippen LogP contribution in [0.15, 0.2) is 0 Å². The lowest BCUT2D eigenvalue weighted by Gasteiger charge is -2.51. The van der Waals surface area contributed by atoms with Gasteiger partial charge in [-0.3, -0.25) is 4.90 Å². The van der Waals surface area contributed by atoms with Gasteiger partial charge in [-0.25, -0.2) is 0 Å². The largest absolute Gasteiger partial charge is 0.308 e. The predicted molar refractivity (Wildman–Crippen MR) is 65.1 cm³/mol. The van der Waals surface area contributed by atoms with Crippen LogP contribution in [0.1, 0.15) is 53.4 Å². The van der Waals surface area contributed by atoms with Crippen LogP contribution in [0.5, 0.6) is 0 Å². The molecule has 2 nitrogen and oxygen atoms in total. The number of nitrogens with zero attached hydrogens (tertiary/aromatic N) is 1. The first kappa shape index (κ1) is 11.4. The number of nitrogens with one attached hydrogen (secondary N) is 1. The van der Waals surface area contributed by atoms with Crippen LogP contribution in [-0.2, 0) is 0 Å². The van der Waals surface area contributed by atoms with Crippen LogP contribution in [0.2, 0.25) is 0 Å². The van der Waals surface area contributed by atoms with Crippen molar-refractivity contribution in [2.45, 2.75) is 70.5 Å². The number of hydrogen-bond donors (Lipinski definition) is 1. The first-order chi connectivity index (χ1) is 6.93. The Kier molecular flexibility index (Phi) is 2.85. The van der Waals surface area contributed by atoms with Gasteiger partial charge in [-0.1, -0.05) is 12.8 Å². The Labute approximate surface area is 94.4 Å². The molecule has 1 heterocycles. The summed E-state index contributed by atoms with van der Waals surface area (Å²) >= 11 is 0. The van der Waals surface area contributed by atoms with Gasteiger partial charge in [0.1, 0.15) is 0 Å². The topological polar surface area (TPSA) is 15.3 Å². The SMILES string of the molecule is CC1CNC2(CCCC2)CN1C(C)(C)C. The first-order valence-electron chi connectivity index (χ1n) is 6.45. The van der Waals surface area contributed by atoms with Crippen LogP contribution in [0.25, 0.3) is 0 Å². The van der Waals surface area contributed by atoms with Crippen LogP contribution < -0.4 is 5.32 Å². The normalized spacial score (nSPS) is 32.4. The van der Waals surface area contributed by atoms with Crippen LogP contribution in [-0.4, -0.2) is 35.1 Å². The molecule has 2 rings (SSSR count). The molecule has 1 atom stereocenters. The highest BCUT2D eigenvalue weighted by Crippen LogP contribution is 2.35. The molecule has 0 aromatic rings. The maximum atomic E-state index is 3.80. The van der Waals surface area contributed by atoms with Gasteiger partial charge in [0.25, 0.3) is 0 Å². The lowest BCUT2D eigenvalue weighted by atomic mass is 9.89. The van der Waals surface area contributed by atoms with E-state index in [-0.39, 0.29) is 0 Å². The number of piperazine rings is 1. The van der Waals surface area contributed by atoms with Gasteiger partial charge in [-0.2, -0.15) is 0 Å². The van der Waals surface area contributed by atoms with E-state index >= 15 is 0 Å². The first-order valence-corrected chi connectivity index (χ1v) is 6.45. The standard InChI is InChI=1S/C13H26N2/c1-11-9-14-13(7-5-6-8-13)10-15(11)12(2,3)4/h11,14H,5-10H2,1-4H3. The monoisotopic (exact) mass is 210 g/mol. The maximum absolute atomic E-state index is 3.80. The van der Waals surface area contributed by atoms with Crippen molar-refractivity contribution in [3.05, 3.63) is 0 Å². The summed E-state index contributed by atoms with van der Waals surface area (Å²) in [5.74, 6) is 0. The minimum absolute atomic E-state index is 0.317. The van der Waals surface area contributed by atoms with Gasteiger partial charge in [-0.15, -0.1) is 0 Å². The molecule has 15 heavy (non-hydrogen) atoms. The maximum Gasteiger partial charge on any atom is 0.0309 e. The summed E-state index contributed by atoms with van der Waals surface area (Å²) in [6.07, 6.45) is 5.59. The van der Waals surface area contributed by atoms with Gasteiger partial charge in [0, 0.05) is 30.2 Å². The third-order valence-corrected chi connectivity index (χ3v) is 4.20. The molecule has 1 aliphatic heterocycles. The molecule has 88 valence electrons. The zero-order valence-corrected chi connectivity index (χ0v) is 10.8. The van der Waals surface area contributed by atoms with Crippen LogP contribution in [0.4, 0.5) is 0 Å². The van der Waals surface area contributed by atoms with E-state index < -0.39 is 0 Å². The van der Waals surface area contributed by atoms with E-state index in [9.17, 15) is 0 Å². The fourth-order valence-electron chi connectivity index (χ4n) is 3.30. The minimum Gasteiger partial charge on any atom is -0.308 e. The highest BCUT2D eigenvalue weighted by molar-refractivity contribution is 5.02. The smallest absolute Gasteiger partial charge is 0.0309 e. The van der Waals surface area contributed by atoms with Crippen LogP contribution >= 0.6 is 0 Å². The van der Waals surface area contributed by atoms with Crippen molar-refractivity contribution in [1.29, 1.82) is 0 Å². The number of hydrogen-bond acceptors (Lipinski definition) is 2. The van der Waals surface area contributed by atoms with Gasteiger partial charge >= 0.3 is 0 Å². The van der Waals surface area contributed by atoms with E-state index in [1.54, 1.807) is 0 Å². The highest BCUT2D eigenvalue weighted by Gasteiger charge is 2.42. The van der Waals surface area contributed by atoms with Gasteiger partial charge in [0.15, 0.2) is 0 Å². The van der Waals surface area contributed by atoms with Crippen molar-refractivity contribution in [1.82, 2.24) is 10.2 Å². The van der Waals surface area contributed by atoms with Gasteiger partial charge in [0.05, 0.1) is 0 Å². The molecule has 0 radical (unpaired) electrons. The molecule has 0 aromatic carbocycles. The summed E-state index contributed by atoms with van der Waals surface area (Å²) in [5, 5.41) is 3.80. The second-order valence-electron chi connectivity index (χ2n) is 6.52. The van der Waals surface area contributed by atoms with Gasteiger partial charge in [0.2, 0.25) is 0 Å². The molecule has 1 spiro atoms. The predicted octanol–water partition coefficient (Wildman–Crippen LogP) is 2.39. The molecule has 1 saturated heterocycles. The summed E-state index contributed by atoms with van der Waals surface area (Å²) in [6.45, 7) is 11.8. The summed E-state index contributed by atoms with van der Waals surface area (Å²) in [7, 11) is 0. The lowest BCUT2D eigenvalue weighted by Crippen LogP contribution is -2.66. The quantitative estimate of drug-likeness (QED) is 0.660. The summed E-state index contributed by atoms with van der Waals surface area (Å²) in [4.78, 5) is 2.69. The third-order valence-electron chi connectivity index (χ3n) is 4.20. The Bertz CT molecular complexity index is 223. The van der Waals surface area contributed by atoms with Gasteiger partial charge < -0.3 is 5.32 Å². The molecule has 0 aromatic heterocycles. The summed E-state index contributed by atoms with van der Waals surface area (Å²) < 4.78 is 0. The molecular formula is C13H26N2. The Hall–Kier alpha value is -0.0800. The molecule has 1 unspecified atom stereocenters. The molecule has 2 aliphatic rings. The molecular weight excluding hydrogens is 184 g/mol. The summed E-state index contributed by atoms with van der Waals surface area (Å²) in [5.41, 5.74) is 0.775. The van der Waals surface area contributed by atoms with E-state index in [2.05, 4.69) is 37.9 Å². The highest BCUT2D eigenvalue weighted by atomic mass is 15.3. The third kappa shape index (κ3) is 2.21. The number of rotatable bonds is 0. The van der Waals surface area contributed by atoms with E-state index in [0.717, 1.165) is 6.54 Å². The molecule has 1 N–H and O–H groups in total. The average molecular weight is 210 g/mol. The molecule has 1 aliphatic carbocycles. The average Bonchev–Trinajstić information content (AvgIpc) is 2.57. The second kappa shape index (κ2) is 3.74. The molecule has 2 heteroatoms. The van der Waals surface area contributed by atoms with E-state index in [4.69, 9.17) is 0 Å². The molecule has 2 fully saturated rings. The zero-order valence-electron chi connectivity index (χ0n) is 10.8. The van der Waals surface area contributed by atoms with Crippen molar-refractivity contribution in [2.75, 3.05) is 13.1 Å². The molecule has 0 amide bonds. The zero-order chi connectivity index (χ0) is 11.1. The Morgan fingerprint density at radius 1 is 1.20 bits per heavy atom. The second-order valence-corrected chi connectivity index (χ2v) is 6.52. The van der Waals surface area contributed by atoms with Crippen molar-refractivity contribution in [3.8, 4) is 0 Å². The Morgan fingerprint density at radius 3 is 2.33 bits per heavy atom. The summed E-state index contributed by atoms with van der Waals surface area (Å²) in [6, 6.07) is 0.677. The molecule has 0 bridgehead atoms. The van der Waals surface area contributed by atoms with Crippen molar-refractivity contribution in [2.24, 2.45) is 0 Å². The van der Waals surface area contributed by atoms with Crippen LogP contribution in [0, 0.1) is 0 Å². The Balaban J connectivity index is 2.10. The van der Waals surface area contributed by atoms with Crippen molar-refractivity contribution < 1.29 is 0 Å². The van der Waals surface area contributed by atoms with E-state index in [1.165, 1.54) is 32.2 Å². The molecule has 1 saturated carbocycles. The minimum atomic E-state index is 0.317. The fourth-order valence-corrected chi connectivity index (χ4v) is 3.30.